The summed E-state index contributed by atoms with van der Waals surface area (Å²) in [7, 11) is 1.56. The van der Waals surface area contributed by atoms with Crippen molar-refractivity contribution < 1.29 is 9.18 Å². The number of carbonyl (C=O) groups excluding carboxylic acids is 1. The predicted molar refractivity (Wildman–Crippen MR) is 71.2 cm³/mol. The van der Waals surface area contributed by atoms with Crippen LogP contribution in [0.25, 0.3) is 0 Å². The first kappa shape index (κ1) is 12.3. The molecule has 88 valence electrons. The van der Waals surface area contributed by atoms with E-state index in [1.165, 1.54) is 22.3 Å². The standard InChI is InChI=1S/C12H9BrFNOS/c1-15(10-5-3-2-4-9(10)14)12(16)11-8(13)6-7-17-11/h2-7H,1H3. The summed E-state index contributed by atoms with van der Waals surface area (Å²) >= 11 is 4.62. The Labute approximate surface area is 111 Å². The average Bonchev–Trinajstić information content (AvgIpc) is 2.74. The zero-order valence-corrected chi connectivity index (χ0v) is 11.4. The maximum absolute atomic E-state index is 13.5. The lowest BCUT2D eigenvalue weighted by Gasteiger charge is -2.17. The molecule has 0 atom stereocenters. The van der Waals surface area contributed by atoms with Gasteiger partial charge in [0.25, 0.3) is 5.91 Å². The molecule has 1 aromatic carbocycles. The molecule has 1 aromatic heterocycles. The normalized spacial score (nSPS) is 10.3. The molecule has 0 saturated carbocycles. The van der Waals surface area contributed by atoms with Gasteiger partial charge in [-0.3, -0.25) is 4.79 Å². The van der Waals surface area contributed by atoms with Gasteiger partial charge in [0.15, 0.2) is 0 Å². The van der Waals surface area contributed by atoms with Crippen LogP contribution in [0, 0.1) is 5.82 Å². The molecule has 0 aliphatic carbocycles. The number of halogens is 2. The van der Waals surface area contributed by atoms with E-state index in [-0.39, 0.29) is 11.6 Å². The van der Waals surface area contributed by atoms with Gasteiger partial charge in [0.2, 0.25) is 0 Å². The Morgan fingerprint density at radius 1 is 1.35 bits per heavy atom. The number of anilines is 1. The zero-order valence-electron chi connectivity index (χ0n) is 8.98. The summed E-state index contributed by atoms with van der Waals surface area (Å²) < 4.78 is 14.3. The number of para-hydroxylation sites is 1. The third kappa shape index (κ3) is 2.40. The molecule has 0 N–H and O–H groups in total. The maximum Gasteiger partial charge on any atom is 0.269 e. The van der Waals surface area contributed by atoms with Crippen molar-refractivity contribution >= 4 is 38.9 Å². The second-order valence-electron chi connectivity index (χ2n) is 3.41. The highest BCUT2D eigenvalue weighted by molar-refractivity contribution is 9.10. The van der Waals surface area contributed by atoms with Crippen molar-refractivity contribution in [3.05, 3.63) is 50.9 Å². The maximum atomic E-state index is 13.5. The smallest absolute Gasteiger partial charge is 0.269 e. The molecule has 17 heavy (non-hydrogen) atoms. The molecule has 0 aliphatic rings. The summed E-state index contributed by atoms with van der Waals surface area (Å²) in [5.41, 5.74) is 0.276. The lowest BCUT2D eigenvalue weighted by molar-refractivity contribution is 0.0995. The van der Waals surface area contributed by atoms with Crippen LogP contribution in [0.4, 0.5) is 10.1 Å². The summed E-state index contributed by atoms with van der Waals surface area (Å²) in [6, 6.07) is 8.01. The zero-order chi connectivity index (χ0) is 12.4. The van der Waals surface area contributed by atoms with Crippen molar-refractivity contribution in [1.82, 2.24) is 0 Å². The van der Waals surface area contributed by atoms with E-state index in [1.54, 1.807) is 31.3 Å². The van der Waals surface area contributed by atoms with E-state index in [0.29, 0.717) is 4.88 Å². The molecule has 0 saturated heterocycles. The molecule has 2 rings (SSSR count). The minimum atomic E-state index is -0.406. The van der Waals surface area contributed by atoms with Gasteiger partial charge in [-0.1, -0.05) is 12.1 Å². The van der Waals surface area contributed by atoms with Gasteiger partial charge < -0.3 is 4.90 Å². The summed E-state index contributed by atoms with van der Waals surface area (Å²) in [5.74, 6) is -0.631. The number of thiophene rings is 1. The number of amides is 1. The van der Waals surface area contributed by atoms with Gasteiger partial charge in [0, 0.05) is 11.5 Å². The molecule has 0 bridgehead atoms. The largest absolute Gasteiger partial charge is 0.308 e. The van der Waals surface area contributed by atoms with Gasteiger partial charge in [0.05, 0.1) is 5.69 Å². The van der Waals surface area contributed by atoms with Crippen molar-refractivity contribution in [3.8, 4) is 0 Å². The van der Waals surface area contributed by atoms with Crippen LogP contribution in [-0.2, 0) is 0 Å². The fourth-order valence-electron chi connectivity index (χ4n) is 1.43. The molecule has 2 nitrogen and oxygen atoms in total. The predicted octanol–water partition coefficient (Wildman–Crippen LogP) is 3.93. The molecule has 0 unspecified atom stereocenters. The summed E-state index contributed by atoms with van der Waals surface area (Å²) in [6.07, 6.45) is 0. The Bertz CT molecular complexity index is 555. The first-order valence-corrected chi connectivity index (χ1v) is 6.54. The second kappa shape index (κ2) is 4.98. The molecular weight excluding hydrogens is 305 g/mol. The molecule has 0 spiro atoms. The number of carbonyl (C=O) groups is 1. The van der Waals surface area contributed by atoms with E-state index in [0.717, 1.165) is 4.47 Å². The first-order valence-electron chi connectivity index (χ1n) is 4.87. The van der Waals surface area contributed by atoms with E-state index in [2.05, 4.69) is 15.9 Å². The summed E-state index contributed by atoms with van der Waals surface area (Å²) in [6.45, 7) is 0. The van der Waals surface area contributed by atoms with Crippen molar-refractivity contribution in [2.45, 2.75) is 0 Å². The van der Waals surface area contributed by atoms with Gasteiger partial charge in [-0.25, -0.2) is 4.39 Å². The van der Waals surface area contributed by atoms with E-state index < -0.39 is 5.82 Å². The number of rotatable bonds is 2. The molecule has 1 heterocycles. The number of hydrogen-bond acceptors (Lipinski definition) is 2. The Morgan fingerprint density at radius 3 is 2.65 bits per heavy atom. The van der Waals surface area contributed by atoms with E-state index in [4.69, 9.17) is 0 Å². The topological polar surface area (TPSA) is 20.3 Å². The Hall–Kier alpha value is -1.20. The molecule has 5 heteroatoms. The number of nitrogens with zero attached hydrogens (tertiary/aromatic N) is 1. The highest BCUT2D eigenvalue weighted by Crippen LogP contribution is 2.26. The Kier molecular flexibility index (Phi) is 3.59. The van der Waals surface area contributed by atoms with E-state index in [9.17, 15) is 9.18 Å². The highest BCUT2D eigenvalue weighted by Gasteiger charge is 2.19. The van der Waals surface area contributed by atoms with E-state index in [1.807, 2.05) is 5.38 Å². The molecule has 0 radical (unpaired) electrons. The lowest BCUT2D eigenvalue weighted by atomic mass is 10.2. The second-order valence-corrected chi connectivity index (χ2v) is 5.18. The monoisotopic (exact) mass is 313 g/mol. The fourth-order valence-corrected chi connectivity index (χ4v) is 2.95. The summed E-state index contributed by atoms with van der Waals surface area (Å²) in [4.78, 5) is 14.0. The fraction of sp³-hybridized carbons (Fsp3) is 0.0833. The molecule has 2 aromatic rings. The van der Waals surface area contributed by atoms with Gasteiger partial charge in [-0.15, -0.1) is 11.3 Å². The third-order valence-corrected chi connectivity index (χ3v) is 4.16. The Balaban J connectivity index is 2.33. The van der Waals surface area contributed by atoms with Gasteiger partial charge in [0.1, 0.15) is 10.7 Å². The third-order valence-electron chi connectivity index (χ3n) is 2.33. The highest BCUT2D eigenvalue weighted by atomic mass is 79.9. The van der Waals surface area contributed by atoms with Crippen molar-refractivity contribution in [2.75, 3.05) is 11.9 Å². The van der Waals surface area contributed by atoms with Crippen LogP contribution in [0.3, 0.4) is 0 Å². The molecule has 0 aliphatic heterocycles. The van der Waals surface area contributed by atoms with Crippen molar-refractivity contribution in [3.63, 3.8) is 0 Å². The molecule has 0 fully saturated rings. The van der Waals surface area contributed by atoms with Gasteiger partial charge >= 0.3 is 0 Å². The van der Waals surface area contributed by atoms with Crippen molar-refractivity contribution in [1.29, 1.82) is 0 Å². The minimum absolute atomic E-state index is 0.225. The number of hydrogen-bond donors (Lipinski definition) is 0. The van der Waals surface area contributed by atoms with Crippen LogP contribution in [0.5, 0.6) is 0 Å². The van der Waals surface area contributed by atoms with Gasteiger partial charge in [-0.05, 0) is 39.5 Å². The van der Waals surface area contributed by atoms with E-state index >= 15 is 0 Å². The van der Waals surface area contributed by atoms with Crippen LogP contribution in [-0.4, -0.2) is 13.0 Å². The number of benzene rings is 1. The quantitative estimate of drug-likeness (QED) is 0.822. The van der Waals surface area contributed by atoms with Crippen LogP contribution in [0.2, 0.25) is 0 Å². The average molecular weight is 314 g/mol. The lowest BCUT2D eigenvalue weighted by Crippen LogP contribution is -2.26. The summed E-state index contributed by atoms with van der Waals surface area (Å²) in [5, 5.41) is 1.81. The molecular formula is C12H9BrFNOS. The Morgan fingerprint density at radius 2 is 2.06 bits per heavy atom. The van der Waals surface area contributed by atoms with Crippen LogP contribution in [0.15, 0.2) is 40.2 Å². The van der Waals surface area contributed by atoms with Crippen LogP contribution < -0.4 is 4.90 Å². The van der Waals surface area contributed by atoms with Gasteiger partial charge in [-0.2, -0.15) is 0 Å². The first-order chi connectivity index (χ1) is 8.11. The van der Waals surface area contributed by atoms with Crippen LogP contribution in [0.1, 0.15) is 9.67 Å². The molecule has 1 amide bonds. The SMILES string of the molecule is CN(C(=O)c1sccc1Br)c1ccccc1F. The van der Waals surface area contributed by atoms with Crippen LogP contribution >= 0.6 is 27.3 Å². The minimum Gasteiger partial charge on any atom is -0.308 e. The van der Waals surface area contributed by atoms with Crippen molar-refractivity contribution in [2.24, 2.45) is 0 Å².